The molecule has 1 fully saturated rings. The molecule has 0 atom stereocenters. The van der Waals surface area contributed by atoms with Crippen LogP contribution in [0.5, 0.6) is 0 Å². The molecule has 3 nitrogen and oxygen atoms in total. The van der Waals surface area contributed by atoms with E-state index >= 15 is 0 Å². The number of piperidine rings is 1. The number of hydrogen-bond acceptors (Lipinski definition) is 2. The highest BCUT2D eigenvalue weighted by atomic mass is 19.1. The summed E-state index contributed by atoms with van der Waals surface area (Å²) in [5, 5.41) is 3.16. The molecule has 4 heteroatoms. The van der Waals surface area contributed by atoms with Crippen LogP contribution in [0.1, 0.15) is 36.0 Å². The molecule has 2 aromatic rings. The first-order valence-corrected chi connectivity index (χ1v) is 9.41. The van der Waals surface area contributed by atoms with Gasteiger partial charge in [-0.25, -0.2) is 4.39 Å². The molecule has 1 aliphatic rings. The molecule has 0 spiro atoms. The molecule has 0 aliphatic carbocycles. The summed E-state index contributed by atoms with van der Waals surface area (Å²) in [4.78, 5) is 14.6. The smallest absolute Gasteiger partial charge is 0.220 e. The number of carbonyl (C=O) groups excluding carboxylic acids is 1. The Morgan fingerprint density at radius 1 is 1.12 bits per heavy atom. The van der Waals surface area contributed by atoms with Gasteiger partial charge in [0.15, 0.2) is 0 Å². The van der Waals surface area contributed by atoms with Crippen LogP contribution in [-0.4, -0.2) is 29.9 Å². The van der Waals surface area contributed by atoms with Gasteiger partial charge in [0.25, 0.3) is 0 Å². The van der Waals surface area contributed by atoms with Crippen LogP contribution in [0, 0.1) is 12.7 Å². The number of nitrogens with zero attached hydrogens (tertiary/aromatic N) is 1. The van der Waals surface area contributed by atoms with Crippen LogP contribution in [-0.2, 0) is 17.8 Å². The molecular formula is C22H27FN2O. The lowest BCUT2D eigenvalue weighted by Gasteiger charge is -2.32. The maximum absolute atomic E-state index is 12.9. The highest BCUT2D eigenvalue weighted by Crippen LogP contribution is 2.16. The molecule has 1 aliphatic heterocycles. The third-order valence-electron chi connectivity index (χ3n) is 5.16. The fraction of sp³-hybridized carbons (Fsp3) is 0.409. The molecule has 2 aromatic carbocycles. The van der Waals surface area contributed by atoms with Crippen LogP contribution in [0.4, 0.5) is 4.39 Å². The van der Waals surface area contributed by atoms with E-state index < -0.39 is 0 Å². The van der Waals surface area contributed by atoms with Gasteiger partial charge in [0.1, 0.15) is 5.82 Å². The Morgan fingerprint density at radius 3 is 2.50 bits per heavy atom. The predicted octanol–water partition coefficient (Wildman–Crippen LogP) is 3.85. The Labute approximate surface area is 155 Å². The molecule has 1 saturated heterocycles. The van der Waals surface area contributed by atoms with E-state index in [4.69, 9.17) is 0 Å². The Hall–Kier alpha value is -2.20. The normalized spacial score (nSPS) is 15.8. The molecule has 0 aromatic heterocycles. The molecule has 3 rings (SSSR count). The summed E-state index contributed by atoms with van der Waals surface area (Å²) in [5.41, 5.74) is 3.72. The van der Waals surface area contributed by atoms with Crippen molar-refractivity contribution in [3.63, 3.8) is 0 Å². The van der Waals surface area contributed by atoms with Gasteiger partial charge in [-0.05, 0) is 55.0 Å². The van der Waals surface area contributed by atoms with Gasteiger partial charge < -0.3 is 5.32 Å². The first kappa shape index (κ1) is 18.6. The SMILES string of the molecule is Cc1ccccc1CN1CCC(NC(=O)CCc2ccc(F)cc2)CC1. The number of benzene rings is 2. The van der Waals surface area contributed by atoms with Crippen molar-refractivity contribution in [2.24, 2.45) is 0 Å². The predicted molar refractivity (Wildman–Crippen MR) is 102 cm³/mol. The summed E-state index contributed by atoms with van der Waals surface area (Å²) in [6, 6.07) is 15.2. The zero-order chi connectivity index (χ0) is 18.4. The second-order valence-electron chi connectivity index (χ2n) is 7.17. The highest BCUT2D eigenvalue weighted by molar-refractivity contribution is 5.76. The topological polar surface area (TPSA) is 32.3 Å². The minimum atomic E-state index is -0.240. The summed E-state index contributed by atoms with van der Waals surface area (Å²) < 4.78 is 12.9. The molecule has 26 heavy (non-hydrogen) atoms. The van der Waals surface area contributed by atoms with Crippen molar-refractivity contribution >= 4 is 5.91 Å². The molecule has 0 radical (unpaired) electrons. The molecule has 1 N–H and O–H groups in total. The van der Waals surface area contributed by atoms with E-state index in [9.17, 15) is 9.18 Å². The van der Waals surface area contributed by atoms with E-state index in [1.165, 1.54) is 23.3 Å². The Morgan fingerprint density at radius 2 is 1.81 bits per heavy atom. The molecule has 1 heterocycles. The van der Waals surface area contributed by atoms with Gasteiger partial charge in [0.05, 0.1) is 0 Å². The first-order chi connectivity index (χ1) is 12.6. The number of carbonyl (C=O) groups is 1. The molecule has 0 unspecified atom stereocenters. The lowest BCUT2D eigenvalue weighted by Crippen LogP contribution is -2.44. The van der Waals surface area contributed by atoms with Crippen molar-refractivity contribution in [2.45, 2.75) is 45.2 Å². The van der Waals surface area contributed by atoms with Crippen molar-refractivity contribution in [1.82, 2.24) is 10.2 Å². The second kappa shape index (κ2) is 8.95. The van der Waals surface area contributed by atoms with Crippen molar-refractivity contribution in [2.75, 3.05) is 13.1 Å². The van der Waals surface area contributed by atoms with Gasteiger partial charge >= 0.3 is 0 Å². The zero-order valence-corrected chi connectivity index (χ0v) is 15.4. The third kappa shape index (κ3) is 5.40. The number of amides is 1. The van der Waals surface area contributed by atoms with E-state index in [-0.39, 0.29) is 17.8 Å². The third-order valence-corrected chi connectivity index (χ3v) is 5.16. The van der Waals surface area contributed by atoms with E-state index in [2.05, 4.69) is 41.4 Å². The number of hydrogen-bond donors (Lipinski definition) is 1. The van der Waals surface area contributed by atoms with Gasteiger partial charge in [-0.2, -0.15) is 0 Å². The van der Waals surface area contributed by atoms with Crippen LogP contribution in [0.25, 0.3) is 0 Å². The lowest BCUT2D eigenvalue weighted by molar-refractivity contribution is -0.122. The van der Waals surface area contributed by atoms with Crippen molar-refractivity contribution in [3.8, 4) is 0 Å². The number of nitrogens with one attached hydrogen (secondary N) is 1. The Kier molecular flexibility index (Phi) is 6.40. The van der Waals surface area contributed by atoms with Crippen LogP contribution < -0.4 is 5.32 Å². The largest absolute Gasteiger partial charge is 0.353 e. The zero-order valence-electron chi connectivity index (χ0n) is 15.4. The molecule has 0 bridgehead atoms. The van der Waals surface area contributed by atoms with E-state index in [0.29, 0.717) is 12.8 Å². The number of aryl methyl sites for hydroxylation is 2. The molecule has 1 amide bonds. The first-order valence-electron chi connectivity index (χ1n) is 9.41. The summed E-state index contributed by atoms with van der Waals surface area (Å²) in [5.74, 6) is -0.151. The minimum absolute atomic E-state index is 0.0895. The standard InChI is InChI=1S/C22H27FN2O/c1-17-4-2-3-5-19(17)16-25-14-12-21(13-15-25)24-22(26)11-8-18-6-9-20(23)10-7-18/h2-7,9-10,21H,8,11-16H2,1H3,(H,24,26). The lowest BCUT2D eigenvalue weighted by atomic mass is 10.0. The van der Waals surface area contributed by atoms with Crippen LogP contribution in [0.3, 0.4) is 0 Å². The maximum Gasteiger partial charge on any atom is 0.220 e. The van der Waals surface area contributed by atoms with Crippen molar-refractivity contribution in [1.29, 1.82) is 0 Å². The molecular weight excluding hydrogens is 327 g/mol. The van der Waals surface area contributed by atoms with Gasteiger partial charge in [-0.3, -0.25) is 9.69 Å². The average Bonchev–Trinajstić information content (AvgIpc) is 2.65. The van der Waals surface area contributed by atoms with Crippen LogP contribution in [0.2, 0.25) is 0 Å². The van der Waals surface area contributed by atoms with E-state index in [0.717, 1.165) is 38.0 Å². The molecule has 0 saturated carbocycles. The summed E-state index contributed by atoms with van der Waals surface area (Å²) >= 11 is 0. The number of halogens is 1. The second-order valence-corrected chi connectivity index (χ2v) is 7.17. The van der Waals surface area contributed by atoms with Gasteiger partial charge in [0, 0.05) is 32.1 Å². The fourth-order valence-electron chi connectivity index (χ4n) is 3.47. The summed E-state index contributed by atoms with van der Waals surface area (Å²) in [7, 11) is 0. The van der Waals surface area contributed by atoms with Crippen molar-refractivity contribution in [3.05, 3.63) is 71.0 Å². The van der Waals surface area contributed by atoms with Crippen molar-refractivity contribution < 1.29 is 9.18 Å². The van der Waals surface area contributed by atoms with Gasteiger partial charge in [-0.15, -0.1) is 0 Å². The summed E-state index contributed by atoms with van der Waals surface area (Å²) in [6.07, 6.45) is 3.09. The monoisotopic (exact) mass is 354 g/mol. The fourth-order valence-corrected chi connectivity index (χ4v) is 3.47. The quantitative estimate of drug-likeness (QED) is 0.855. The number of rotatable bonds is 6. The minimum Gasteiger partial charge on any atom is -0.353 e. The van der Waals surface area contributed by atoms with Gasteiger partial charge in [0.2, 0.25) is 5.91 Å². The van der Waals surface area contributed by atoms with E-state index in [1.54, 1.807) is 12.1 Å². The highest BCUT2D eigenvalue weighted by Gasteiger charge is 2.20. The summed E-state index contributed by atoms with van der Waals surface area (Å²) in [6.45, 7) is 5.16. The van der Waals surface area contributed by atoms with Crippen LogP contribution in [0.15, 0.2) is 48.5 Å². The van der Waals surface area contributed by atoms with Crippen LogP contribution >= 0.6 is 0 Å². The van der Waals surface area contributed by atoms with E-state index in [1.807, 2.05) is 0 Å². The maximum atomic E-state index is 12.9. The van der Waals surface area contributed by atoms with Gasteiger partial charge in [-0.1, -0.05) is 36.4 Å². The molecule has 138 valence electrons. The Bertz CT molecular complexity index is 721. The average molecular weight is 354 g/mol. The number of likely N-dealkylation sites (tertiary alicyclic amines) is 1. The Balaban J connectivity index is 1.38.